The zero-order valence-electron chi connectivity index (χ0n) is 10.8. The van der Waals surface area contributed by atoms with Gasteiger partial charge in [-0.15, -0.1) is 0 Å². The standard InChI is InChI=1S/C14H14BrN3O/c1-9-7-10-5-3-4-6-12(10)18(9)14(19)13-11(15)8-17(2)16-13/h3-6,8-9H,7H2,1-2H3/t9-/m1/s1. The van der Waals surface area contributed by atoms with Crippen molar-refractivity contribution in [2.24, 2.45) is 7.05 Å². The van der Waals surface area contributed by atoms with Crippen LogP contribution in [0.5, 0.6) is 0 Å². The second kappa shape index (κ2) is 4.49. The minimum atomic E-state index is -0.0510. The van der Waals surface area contributed by atoms with Gasteiger partial charge in [0.1, 0.15) is 0 Å². The second-order valence-corrected chi connectivity index (χ2v) is 5.71. The number of hydrogen-bond donors (Lipinski definition) is 0. The normalized spacial score (nSPS) is 17.6. The van der Waals surface area contributed by atoms with Crippen LogP contribution in [-0.4, -0.2) is 21.7 Å². The van der Waals surface area contributed by atoms with Crippen LogP contribution in [0.1, 0.15) is 23.0 Å². The van der Waals surface area contributed by atoms with Crippen LogP contribution in [-0.2, 0) is 13.5 Å². The first kappa shape index (κ1) is 12.4. The molecule has 0 bridgehead atoms. The van der Waals surface area contributed by atoms with Crippen molar-refractivity contribution in [3.63, 3.8) is 0 Å². The quantitative estimate of drug-likeness (QED) is 0.810. The summed E-state index contributed by atoms with van der Waals surface area (Å²) in [6.07, 6.45) is 2.69. The first-order chi connectivity index (χ1) is 9.08. The van der Waals surface area contributed by atoms with Crippen molar-refractivity contribution in [2.45, 2.75) is 19.4 Å². The average molecular weight is 320 g/mol. The minimum Gasteiger partial charge on any atom is -0.304 e. The van der Waals surface area contributed by atoms with Gasteiger partial charge in [0.25, 0.3) is 5.91 Å². The smallest absolute Gasteiger partial charge is 0.280 e. The number of nitrogens with zero attached hydrogens (tertiary/aromatic N) is 3. The number of rotatable bonds is 1. The van der Waals surface area contributed by atoms with E-state index in [1.165, 1.54) is 5.56 Å². The fourth-order valence-electron chi connectivity index (χ4n) is 2.59. The molecule has 1 aliphatic rings. The van der Waals surface area contributed by atoms with E-state index in [9.17, 15) is 4.79 Å². The number of fused-ring (bicyclic) bond motifs is 1. The number of carbonyl (C=O) groups excluding carboxylic acids is 1. The highest BCUT2D eigenvalue weighted by Gasteiger charge is 2.33. The Hall–Kier alpha value is -1.62. The summed E-state index contributed by atoms with van der Waals surface area (Å²) in [6, 6.07) is 8.21. The fourth-order valence-corrected chi connectivity index (χ4v) is 3.14. The minimum absolute atomic E-state index is 0.0510. The van der Waals surface area contributed by atoms with E-state index < -0.39 is 0 Å². The van der Waals surface area contributed by atoms with Gasteiger partial charge in [-0.2, -0.15) is 5.10 Å². The number of amides is 1. The van der Waals surface area contributed by atoms with E-state index >= 15 is 0 Å². The van der Waals surface area contributed by atoms with Gasteiger partial charge in [-0.05, 0) is 40.9 Å². The van der Waals surface area contributed by atoms with E-state index in [0.717, 1.165) is 16.6 Å². The molecule has 0 unspecified atom stereocenters. The van der Waals surface area contributed by atoms with Gasteiger partial charge in [-0.1, -0.05) is 18.2 Å². The van der Waals surface area contributed by atoms with E-state index in [1.54, 1.807) is 10.9 Å². The van der Waals surface area contributed by atoms with Crippen LogP contribution in [0.3, 0.4) is 0 Å². The summed E-state index contributed by atoms with van der Waals surface area (Å²) >= 11 is 3.39. The molecule has 19 heavy (non-hydrogen) atoms. The zero-order valence-corrected chi connectivity index (χ0v) is 12.4. The number of benzene rings is 1. The maximum Gasteiger partial charge on any atom is 0.280 e. The molecule has 1 atom stereocenters. The van der Waals surface area contributed by atoms with Crippen molar-refractivity contribution in [1.82, 2.24) is 9.78 Å². The zero-order chi connectivity index (χ0) is 13.6. The van der Waals surface area contributed by atoms with Gasteiger partial charge in [0.05, 0.1) is 4.47 Å². The lowest BCUT2D eigenvalue weighted by molar-refractivity contribution is 0.0975. The molecule has 4 nitrogen and oxygen atoms in total. The summed E-state index contributed by atoms with van der Waals surface area (Å²) in [6.45, 7) is 2.06. The summed E-state index contributed by atoms with van der Waals surface area (Å²) in [7, 11) is 1.81. The molecule has 3 rings (SSSR count). The molecule has 2 aromatic rings. The molecule has 0 aliphatic carbocycles. The third kappa shape index (κ3) is 1.98. The SMILES string of the molecule is C[C@@H]1Cc2ccccc2N1C(=O)c1nn(C)cc1Br. The predicted octanol–water partition coefficient (Wildman–Crippen LogP) is 2.77. The number of aryl methyl sites for hydroxylation is 1. The van der Waals surface area contributed by atoms with Gasteiger partial charge in [-0.3, -0.25) is 9.48 Å². The first-order valence-corrected chi connectivity index (χ1v) is 6.98. The van der Waals surface area contributed by atoms with Gasteiger partial charge < -0.3 is 4.90 Å². The van der Waals surface area contributed by atoms with Gasteiger partial charge in [0.15, 0.2) is 5.69 Å². The van der Waals surface area contributed by atoms with Gasteiger partial charge in [-0.25, -0.2) is 0 Å². The highest BCUT2D eigenvalue weighted by molar-refractivity contribution is 9.10. The van der Waals surface area contributed by atoms with Crippen molar-refractivity contribution in [3.8, 4) is 0 Å². The lowest BCUT2D eigenvalue weighted by Crippen LogP contribution is -2.36. The number of hydrogen-bond acceptors (Lipinski definition) is 2. The van der Waals surface area contributed by atoms with Crippen LogP contribution in [0, 0.1) is 0 Å². The number of para-hydroxylation sites is 1. The van der Waals surface area contributed by atoms with Crippen LogP contribution < -0.4 is 4.90 Å². The molecule has 0 saturated heterocycles. The molecule has 0 fully saturated rings. The van der Waals surface area contributed by atoms with Gasteiger partial charge >= 0.3 is 0 Å². The Labute approximate surface area is 120 Å². The number of aromatic nitrogens is 2. The third-order valence-electron chi connectivity index (χ3n) is 3.41. The van der Waals surface area contributed by atoms with Gasteiger partial charge in [0.2, 0.25) is 0 Å². The van der Waals surface area contributed by atoms with E-state index in [1.807, 2.05) is 30.1 Å². The molecule has 1 amide bonds. The summed E-state index contributed by atoms with van der Waals surface area (Å²) in [5.41, 5.74) is 2.68. The molecular formula is C14H14BrN3O. The molecule has 0 N–H and O–H groups in total. The Balaban J connectivity index is 2.03. The monoisotopic (exact) mass is 319 g/mol. The highest BCUT2D eigenvalue weighted by atomic mass is 79.9. The molecule has 0 saturated carbocycles. The van der Waals surface area contributed by atoms with E-state index in [4.69, 9.17) is 0 Å². The molecule has 1 aromatic heterocycles. The topological polar surface area (TPSA) is 38.1 Å². The summed E-state index contributed by atoms with van der Waals surface area (Å²) in [5.74, 6) is -0.0510. The van der Waals surface area contributed by atoms with Crippen LogP contribution in [0.15, 0.2) is 34.9 Å². The molecule has 2 heterocycles. The summed E-state index contributed by atoms with van der Waals surface area (Å²) in [5, 5.41) is 4.24. The van der Waals surface area contributed by atoms with E-state index in [2.05, 4.69) is 34.0 Å². The molecular weight excluding hydrogens is 306 g/mol. The summed E-state index contributed by atoms with van der Waals surface area (Å²) < 4.78 is 2.38. The van der Waals surface area contributed by atoms with E-state index in [0.29, 0.717) is 5.69 Å². The maximum absolute atomic E-state index is 12.7. The van der Waals surface area contributed by atoms with Crippen molar-refractivity contribution < 1.29 is 4.79 Å². The molecule has 5 heteroatoms. The van der Waals surface area contributed by atoms with Crippen molar-refractivity contribution in [1.29, 1.82) is 0 Å². The molecule has 98 valence electrons. The maximum atomic E-state index is 12.7. The Morgan fingerprint density at radius 1 is 1.42 bits per heavy atom. The molecule has 0 spiro atoms. The second-order valence-electron chi connectivity index (χ2n) is 4.86. The molecule has 1 aromatic carbocycles. The Kier molecular flexibility index (Phi) is 2.93. The fraction of sp³-hybridized carbons (Fsp3) is 0.286. The third-order valence-corrected chi connectivity index (χ3v) is 3.99. The number of anilines is 1. The Morgan fingerprint density at radius 3 is 2.84 bits per heavy atom. The Bertz CT molecular complexity index is 650. The molecule has 0 radical (unpaired) electrons. The Morgan fingerprint density at radius 2 is 2.16 bits per heavy atom. The van der Waals surface area contributed by atoms with Crippen LogP contribution in [0.2, 0.25) is 0 Å². The predicted molar refractivity (Wildman–Crippen MR) is 77.3 cm³/mol. The van der Waals surface area contributed by atoms with Crippen LogP contribution in [0.4, 0.5) is 5.69 Å². The van der Waals surface area contributed by atoms with Crippen molar-refractivity contribution >= 4 is 27.5 Å². The summed E-state index contributed by atoms with van der Waals surface area (Å²) in [4.78, 5) is 14.5. The molecule has 1 aliphatic heterocycles. The van der Waals surface area contributed by atoms with Crippen LogP contribution >= 0.6 is 15.9 Å². The lowest BCUT2D eigenvalue weighted by Gasteiger charge is -2.21. The van der Waals surface area contributed by atoms with Gasteiger partial charge in [0, 0.05) is 25.0 Å². The number of halogens is 1. The highest BCUT2D eigenvalue weighted by Crippen LogP contribution is 2.33. The number of carbonyl (C=O) groups is 1. The van der Waals surface area contributed by atoms with Crippen molar-refractivity contribution in [3.05, 3.63) is 46.2 Å². The average Bonchev–Trinajstić information content (AvgIpc) is 2.87. The van der Waals surface area contributed by atoms with Crippen LogP contribution in [0.25, 0.3) is 0 Å². The lowest BCUT2D eigenvalue weighted by atomic mass is 10.1. The largest absolute Gasteiger partial charge is 0.304 e. The van der Waals surface area contributed by atoms with Crippen molar-refractivity contribution in [2.75, 3.05) is 4.90 Å². The first-order valence-electron chi connectivity index (χ1n) is 6.18. The van der Waals surface area contributed by atoms with E-state index in [-0.39, 0.29) is 11.9 Å².